The average molecular weight is 394 g/mol. The van der Waals surface area contributed by atoms with E-state index in [1.807, 2.05) is 57.2 Å². The van der Waals surface area contributed by atoms with Crippen LogP contribution in [-0.4, -0.2) is 0 Å². The van der Waals surface area contributed by atoms with Crippen LogP contribution in [0.4, 0.5) is 0 Å². The Labute approximate surface area is 169 Å². The van der Waals surface area contributed by atoms with E-state index in [0.29, 0.717) is 0 Å². The number of hydrogen-bond donors (Lipinski definition) is 0. The van der Waals surface area contributed by atoms with E-state index in [1.54, 1.807) is 0 Å². The Morgan fingerprint density at radius 2 is 0.750 bits per heavy atom. The van der Waals surface area contributed by atoms with E-state index in [2.05, 4.69) is 39.0 Å². The summed E-state index contributed by atoms with van der Waals surface area (Å²) in [5, 5.41) is 0. The molecule has 28 heavy (non-hydrogen) atoms. The lowest BCUT2D eigenvalue weighted by atomic mass is 10.1. The summed E-state index contributed by atoms with van der Waals surface area (Å²) >= 11 is 0. The number of aryl methyl sites for hydroxylation is 3. The van der Waals surface area contributed by atoms with E-state index in [9.17, 15) is 0 Å². The first-order chi connectivity index (χ1) is 13.4. The predicted octanol–water partition coefficient (Wildman–Crippen LogP) is 7.30. The lowest BCUT2D eigenvalue weighted by Gasteiger charge is -2.21. The van der Waals surface area contributed by atoms with Crippen LogP contribution in [0.1, 0.15) is 33.4 Å². The van der Waals surface area contributed by atoms with Gasteiger partial charge in [-0.15, -0.1) is 0 Å². The quantitative estimate of drug-likeness (QED) is 0.411. The molecule has 0 N–H and O–H groups in total. The van der Waals surface area contributed by atoms with Crippen molar-refractivity contribution in [3.8, 4) is 17.2 Å². The zero-order chi connectivity index (χ0) is 20.3. The predicted molar refractivity (Wildman–Crippen MR) is 117 cm³/mol. The fourth-order valence-corrected chi connectivity index (χ4v) is 3.95. The third-order valence-electron chi connectivity index (χ3n) is 5.18. The Balaban J connectivity index is 1.94. The highest BCUT2D eigenvalue weighted by molar-refractivity contribution is 7.43. The third kappa shape index (κ3) is 4.48. The van der Waals surface area contributed by atoms with Gasteiger partial charge >= 0.3 is 8.60 Å². The third-order valence-corrected chi connectivity index (χ3v) is 6.22. The van der Waals surface area contributed by atoms with Crippen LogP contribution in [0.5, 0.6) is 17.2 Å². The van der Waals surface area contributed by atoms with Gasteiger partial charge in [-0.3, -0.25) is 0 Å². The Morgan fingerprint density at radius 3 is 1.04 bits per heavy atom. The van der Waals surface area contributed by atoms with Gasteiger partial charge in [0, 0.05) is 0 Å². The highest BCUT2D eigenvalue weighted by atomic mass is 31.2. The standard InChI is InChI=1S/C24H27O3P/c1-16-10-7-13-22(19(16)4)25-28(26-23-14-8-11-17(2)20(23)5)27-24-15-9-12-18(3)21(24)6/h7-15H,1-6H3. The molecule has 0 atom stereocenters. The molecule has 0 heterocycles. The zero-order valence-corrected chi connectivity index (χ0v) is 18.3. The van der Waals surface area contributed by atoms with Crippen molar-refractivity contribution < 1.29 is 13.6 Å². The molecule has 146 valence electrons. The topological polar surface area (TPSA) is 27.7 Å². The maximum absolute atomic E-state index is 6.24. The van der Waals surface area contributed by atoms with Crippen molar-refractivity contribution in [2.75, 3.05) is 0 Å². The molecule has 0 fully saturated rings. The van der Waals surface area contributed by atoms with Crippen molar-refractivity contribution in [1.29, 1.82) is 0 Å². The van der Waals surface area contributed by atoms with Crippen molar-refractivity contribution in [1.82, 2.24) is 0 Å². The first-order valence-electron chi connectivity index (χ1n) is 9.39. The molecule has 3 rings (SSSR count). The maximum Gasteiger partial charge on any atom is 0.530 e. The highest BCUT2D eigenvalue weighted by Crippen LogP contribution is 2.45. The van der Waals surface area contributed by atoms with E-state index < -0.39 is 8.60 Å². The van der Waals surface area contributed by atoms with E-state index in [0.717, 1.165) is 33.9 Å². The van der Waals surface area contributed by atoms with Gasteiger partial charge in [-0.1, -0.05) is 36.4 Å². The Morgan fingerprint density at radius 1 is 0.464 bits per heavy atom. The van der Waals surface area contributed by atoms with Gasteiger partial charge in [-0.2, -0.15) is 0 Å². The average Bonchev–Trinajstić information content (AvgIpc) is 2.66. The maximum atomic E-state index is 6.24. The lowest BCUT2D eigenvalue weighted by molar-refractivity contribution is 0.384. The Hall–Kier alpha value is -2.51. The molecule has 0 spiro atoms. The van der Waals surface area contributed by atoms with Crippen LogP contribution in [0.15, 0.2) is 54.6 Å². The fourth-order valence-electron chi connectivity index (χ4n) is 2.77. The van der Waals surface area contributed by atoms with Gasteiger partial charge in [-0.25, -0.2) is 0 Å². The second kappa shape index (κ2) is 8.67. The molecular formula is C24H27O3P. The summed E-state index contributed by atoms with van der Waals surface area (Å²) in [6.07, 6.45) is 0. The van der Waals surface area contributed by atoms with Gasteiger partial charge in [0.1, 0.15) is 17.2 Å². The molecule has 0 unspecified atom stereocenters. The Bertz CT molecular complexity index is 854. The fraction of sp³-hybridized carbons (Fsp3) is 0.250. The minimum atomic E-state index is -1.68. The normalized spacial score (nSPS) is 10.8. The molecule has 3 aromatic carbocycles. The summed E-state index contributed by atoms with van der Waals surface area (Å²) in [4.78, 5) is 0. The van der Waals surface area contributed by atoms with E-state index in [1.165, 1.54) is 16.7 Å². The van der Waals surface area contributed by atoms with Gasteiger partial charge in [0.25, 0.3) is 0 Å². The first kappa shape index (κ1) is 20.2. The van der Waals surface area contributed by atoms with Crippen LogP contribution in [0, 0.1) is 41.5 Å². The second-order valence-electron chi connectivity index (χ2n) is 7.09. The van der Waals surface area contributed by atoms with Crippen LogP contribution in [0.25, 0.3) is 0 Å². The minimum Gasteiger partial charge on any atom is -0.408 e. The molecule has 0 radical (unpaired) electrons. The summed E-state index contributed by atoms with van der Waals surface area (Å²) in [7, 11) is -1.68. The monoisotopic (exact) mass is 394 g/mol. The molecule has 0 aromatic heterocycles. The number of rotatable bonds is 6. The molecule has 0 aliphatic rings. The molecule has 0 saturated carbocycles. The van der Waals surface area contributed by atoms with Crippen molar-refractivity contribution in [3.05, 3.63) is 88.0 Å². The Kier molecular flexibility index (Phi) is 6.26. The zero-order valence-electron chi connectivity index (χ0n) is 17.4. The van der Waals surface area contributed by atoms with Gasteiger partial charge in [-0.05, 0) is 93.1 Å². The molecule has 0 saturated heterocycles. The molecule has 0 amide bonds. The molecule has 0 aliphatic heterocycles. The smallest absolute Gasteiger partial charge is 0.408 e. The van der Waals surface area contributed by atoms with Crippen molar-refractivity contribution in [2.45, 2.75) is 41.5 Å². The van der Waals surface area contributed by atoms with Crippen LogP contribution >= 0.6 is 8.60 Å². The van der Waals surface area contributed by atoms with Gasteiger partial charge in [0.15, 0.2) is 0 Å². The number of benzene rings is 3. The molecule has 4 heteroatoms. The van der Waals surface area contributed by atoms with Gasteiger partial charge in [0.05, 0.1) is 0 Å². The summed E-state index contributed by atoms with van der Waals surface area (Å²) < 4.78 is 18.7. The van der Waals surface area contributed by atoms with Gasteiger partial charge < -0.3 is 13.6 Å². The summed E-state index contributed by atoms with van der Waals surface area (Å²) in [5.41, 5.74) is 6.78. The largest absolute Gasteiger partial charge is 0.530 e. The minimum absolute atomic E-state index is 0.779. The highest BCUT2D eigenvalue weighted by Gasteiger charge is 2.23. The first-order valence-corrected chi connectivity index (χ1v) is 10.5. The molecule has 3 nitrogen and oxygen atoms in total. The van der Waals surface area contributed by atoms with Crippen molar-refractivity contribution in [3.63, 3.8) is 0 Å². The molecule has 3 aromatic rings. The molecule has 0 aliphatic carbocycles. The van der Waals surface area contributed by atoms with Crippen molar-refractivity contribution >= 4 is 8.60 Å². The van der Waals surface area contributed by atoms with Crippen LogP contribution in [0.3, 0.4) is 0 Å². The summed E-state index contributed by atoms with van der Waals surface area (Å²) in [5.74, 6) is 2.34. The summed E-state index contributed by atoms with van der Waals surface area (Å²) in [6, 6.07) is 18.0. The van der Waals surface area contributed by atoms with E-state index >= 15 is 0 Å². The number of hydrogen-bond acceptors (Lipinski definition) is 3. The van der Waals surface area contributed by atoms with Crippen LogP contribution in [-0.2, 0) is 0 Å². The van der Waals surface area contributed by atoms with E-state index in [-0.39, 0.29) is 0 Å². The van der Waals surface area contributed by atoms with Crippen molar-refractivity contribution in [2.24, 2.45) is 0 Å². The summed E-state index contributed by atoms with van der Waals surface area (Å²) in [6.45, 7) is 12.4. The lowest BCUT2D eigenvalue weighted by Crippen LogP contribution is -2.05. The van der Waals surface area contributed by atoms with Crippen LogP contribution in [0.2, 0.25) is 0 Å². The molecule has 0 bridgehead atoms. The van der Waals surface area contributed by atoms with Crippen LogP contribution < -0.4 is 13.6 Å². The van der Waals surface area contributed by atoms with Gasteiger partial charge in [0.2, 0.25) is 0 Å². The second-order valence-corrected chi connectivity index (χ2v) is 8.09. The van der Waals surface area contributed by atoms with E-state index in [4.69, 9.17) is 13.6 Å². The SMILES string of the molecule is Cc1cccc(OP(Oc2cccc(C)c2C)Oc2cccc(C)c2C)c1C. The molecular weight excluding hydrogens is 367 g/mol.